The van der Waals surface area contributed by atoms with E-state index in [2.05, 4.69) is 24.9 Å². The molecule has 0 saturated carbocycles. The number of rotatable bonds is 6. The third-order valence-electron chi connectivity index (χ3n) is 7.18. The molecule has 2 aliphatic heterocycles. The second kappa shape index (κ2) is 11.8. The summed E-state index contributed by atoms with van der Waals surface area (Å²) >= 11 is 1.30. The number of likely N-dealkylation sites (N-methyl/N-ethyl adjacent to an activating group) is 1. The predicted octanol–water partition coefficient (Wildman–Crippen LogP) is 1.37. The lowest BCUT2D eigenvalue weighted by Gasteiger charge is -2.38. The number of hydrogen-bond acceptors (Lipinski definition) is 11. The fourth-order valence-electron chi connectivity index (χ4n) is 4.96. The molecule has 1 fully saturated rings. The van der Waals surface area contributed by atoms with Gasteiger partial charge in [-0.25, -0.2) is 23.0 Å². The molecular formula is C26H31N7O7S2. The van der Waals surface area contributed by atoms with Crippen molar-refractivity contribution < 1.29 is 32.3 Å². The lowest BCUT2D eigenvalue weighted by molar-refractivity contribution is -0.149. The number of carbonyl (C=O) groups excluding carboxylic acids is 3. The van der Waals surface area contributed by atoms with Gasteiger partial charge >= 0.3 is 12.1 Å². The first-order valence-corrected chi connectivity index (χ1v) is 15.5. The van der Waals surface area contributed by atoms with Crippen molar-refractivity contribution in [3.8, 4) is 0 Å². The molecule has 1 atom stereocenters. The van der Waals surface area contributed by atoms with Crippen LogP contribution in [0.1, 0.15) is 32.9 Å². The molecule has 16 heteroatoms. The molecule has 0 radical (unpaired) electrons. The third kappa shape index (κ3) is 5.74. The number of nitrogens with zero attached hydrogens (tertiary/aromatic N) is 4. The van der Waals surface area contributed by atoms with Gasteiger partial charge in [0.15, 0.2) is 5.01 Å². The lowest BCUT2D eigenvalue weighted by atomic mass is 10.1. The van der Waals surface area contributed by atoms with Gasteiger partial charge in [0.25, 0.3) is 15.9 Å². The van der Waals surface area contributed by atoms with Gasteiger partial charge in [-0.05, 0) is 26.1 Å². The molecule has 2 aromatic heterocycles. The molecule has 1 unspecified atom stereocenters. The maximum absolute atomic E-state index is 13.7. The zero-order valence-corrected chi connectivity index (χ0v) is 24.9. The lowest BCUT2D eigenvalue weighted by Crippen LogP contribution is -2.59. The van der Waals surface area contributed by atoms with Crippen molar-refractivity contribution in [1.29, 1.82) is 5.41 Å². The Kier molecular flexibility index (Phi) is 8.32. The number of esters is 1. The summed E-state index contributed by atoms with van der Waals surface area (Å²) in [5, 5.41) is 11.1. The highest BCUT2D eigenvalue weighted by Gasteiger charge is 2.42. The highest BCUT2D eigenvalue weighted by molar-refractivity contribution is 7.89. The first-order chi connectivity index (χ1) is 20.0. The maximum Gasteiger partial charge on any atom is 0.412 e. The van der Waals surface area contributed by atoms with Crippen LogP contribution in [0, 0.1) is 5.41 Å². The molecule has 3 aromatic rings. The van der Waals surface area contributed by atoms with Gasteiger partial charge in [-0.3, -0.25) is 15.5 Å². The van der Waals surface area contributed by atoms with E-state index in [0.717, 1.165) is 27.8 Å². The van der Waals surface area contributed by atoms with Crippen molar-refractivity contribution in [2.45, 2.75) is 31.0 Å². The van der Waals surface area contributed by atoms with Gasteiger partial charge in [0.05, 0.1) is 19.4 Å². The zero-order chi connectivity index (χ0) is 30.2. The van der Waals surface area contributed by atoms with Gasteiger partial charge in [-0.15, -0.1) is 11.3 Å². The molecule has 0 spiro atoms. The zero-order valence-electron chi connectivity index (χ0n) is 23.3. The number of piperazine rings is 1. The molecule has 14 nitrogen and oxygen atoms in total. The number of aromatic amines is 1. The summed E-state index contributed by atoms with van der Waals surface area (Å²) in [7, 11) is -0.932. The number of nitrogens with one attached hydrogen (secondary N) is 3. The summed E-state index contributed by atoms with van der Waals surface area (Å²) in [4.78, 5) is 50.0. The van der Waals surface area contributed by atoms with Crippen LogP contribution in [0.15, 0.2) is 29.3 Å². The van der Waals surface area contributed by atoms with Gasteiger partial charge in [0.1, 0.15) is 16.9 Å². The molecule has 2 aliphatic rings. The summed E-state index contributed by atoms with van der Waals surface area (Å²) in [6.07, 6.45) is -0.0663. The van der Waals surface area contributed by atoms with Crippen LogP contribution >= 0.6 is 11.3 Å². The van der Waals surface area contributed by atoms with Crippen molar-refractivity contribution in [2.75, 3.05) is 46.9 Å². The molecule has 3 N–H and O–H groups in total. The minimum Gasteiger partial charge on any atom is -0.464 e. The summed E-state index contributed by atoms with van der Waals surface area (Å²) in [6, 6.07) is 5.04. The molecule has 224 valence electrons. The van der Waals surface area contributed by atoms with Crippen molar-refractivity contribution in [1.82, 2.24) is 29.4 Å². The van der Waals surface area contributed by atoms with Gasteiger partial charge in [0.2, 0.25) is 0 Å². The van der Waals surface area contributed by atoms with E-state index in [-0.39, 0.29) is 42.1 Å². The second-order valence-electron chi connectivity index (χ2n) is 9.93. The number of methoxy groups -OCH3 is 1. The molecule has 1 aromatic carbocycles. The highest BCUT2D eigenvalue weighted by Crippen LogP contribution is 2.29. The number of sulfonamides is 1. The Morgan fingerprint density at radius 3 is 2.74 bits per heavy atom. The third-order valence-corrected chi connectivity index (χ3v) is 10.0. The van der Waals surface area contributed by atoms with E-state index in [9.17, 15) is 22.8 Å². The first kappa shape index (κ1) is 29.6. The van der Waals surface area contributed by atoms with Crippen LogP contribution in [-0.2, 0) is 37.3 Å². The fraction of sp³-hybridized carbons (Fsp3) is 0.423. The van der Waals surface area contributed by atoms with E-state index < -0.39 is 34.0 Å². The van der Waals surface area contributed by atoms with E-state index in [4.69, 9.17) is 10.1 Å². The largest absolute Gasteiger partial charge is 0.464 e. The number of alkyl carbamates (subject to hydrolysis) is 1. The topological polar surface area (TPSA) is 178 Å². The molecule has 2 amide bonds. The smallest absolute Gasteiger partial charge is 0.412 e. The van der Waals surface area contributed by atoms with Crippen molar-refractivity contribution in [3.05, 3.63) is 45.4 Å². The van der Waals surface area contributed by atoms with Crippen LogP contribution in [0.5, 0.6) is 0 Å². The SMILES string of the molecule is CCOC(=O)C1CN(S(=O)(=O)c2cc3ccc(C(=N)NC(=O)OC)cc3[nH]2)CCN1C(=O)c1nc2c(s1)CN(C)CC2. The average Bonchev–Trinajstić information content (AvgIpc) is 3.60. The van der Waals surface area contributed by atoms with Crippen LogP contribution in [0.4, 0.5) is 4.79 Å². The summed E-state index contributed by atoms with van der Waals surface area (Å²) in [5.74, 6) is -1.33. The summed E-state index contributed by atoms with van der Waals surface area (Å²) in [6.45, 7) is 2.92. The minimum absolute atomic E-state index is 0.0214. The van der Waals surface area contributed by atoms with E-state index in [0.29, 0.717) is 23.0 Å². The van der Waals surface area contributed by atoms with Gasteiger partial charge in [-0.2, -0.15) is 4.31 Å². The van der Waals surface area contributed by atoms with Gasteiger partial charge in [-0.1, -0.05) is 12.1 Å². The monoisotopic (exact) mass is 617 g/mol. The standard InChI is InChI=1S/C26H31N7O7S2/c1-4-40-25(35)19-13-32(9-10-33(19)24(34)23-29-17-7-8-31(2)14-20(17)41-23)42(37,38)21-12-15-5-6-16(11-18(15)28-21)22(27)30-26(36)39-3/h5-6,11-12,19,28H,4,7-10,13-14H2,1-3H3,(H2,27,30,36). The molecule has 4 heterocycles. The van der Waals surface area contributed by atoms with Crippen molar-refractivity contribution in [2.24, 2.45) is 0 Å². The Hall–Kier alpha value is -3.86. The molecule has 42 heavy (non-hydrogen) atoms. The quantitative estimate of drug-likeness (QED) is 0.209. The Morgan fingerprint density at radius 1 is 1.21 bits per heavy atom. The number of carbonyl (C=O) groups is 3. The van der Waals surface area contributed by atoms with Crippen molar-refractivity contribution >= 4 is 56.1 Å². The van der Waals surface area contributed by atoms with Crippen LogP contribution in [0.2, 0.25) is 0 Å². The van der Waals surface area contributed by atoms with Crippen LogP contribution in [0.25, 0.3) is 10.9 Å². The van der Waals surface area contributed by atoms with E-state index >= 15 is 0 Å². The Morgan fingerprint density at radius 2 is 2.00 bits per heavy atom. The number of thiazole rings is 1. The number of amides is 2. The summed E-state index contributed by atoms with van der Waals surface area (Å²) in [5.41, 5.74) is 1.65. The molecule has 0 bridgehead atoms. The molecule has 1 saturated heterocycles. The van der Waals surface area contributed by atoms with E-state index in [1.165, 1.54) is 35.5 Å². The Balaban J connectivity index is 1.38. The molecule has 0 aliphatic carbocycles. The maximum atomic E-state index is 13.7. The van der Waals surface area contributed by atoms with Crippen molar-refractivity contribution in [3.63, 3.8) is 0 Å². The summed E-state index contributed by atoms with van der Waals surface area (Å²) < 4.78 is 38.3. The van der Waals surface area contributed by atoms with Gasteiger partial charge in [0, 0.05) is 60.5 Å². The number of aromatic nitrogens is 2. The number of ether oxygens (including phenoxy) is 2. The molecular weight excluding hydrogens is 586 g/mol. The number of H-pyrrole nitrogens is 1. The average molecular weight is 618 g/mol. The number of hydrogen-bond donors (Lipinski definition) is 3. The second-order valence-corrected chi connectivity index (χ2v) is 12.9. The minimum atomic E-state index is -4.11. The Bertz CT molecular complexity index is 1670. The Labute approximate surface area is 246 Å². The number of amidine groups is 1. The van der Waals surface area contributed by atoms with Crippen LogP contribution in [0.3, 0.4) is 0 Å². The van der Waals surface area contributed by atoms with Crippen LogP contribution in [-0.4, -0.2) is 109 Å². The van der Waals surface area contributed by atoms with Gasteiger partial charge < -0.3 is 24.3 Å². The number of benzene rings is 1. The van der Waals surface area contributed by atoms with E-state index in [1.54, 1.807) is 19.1 Å². The highest BCUT2D eigenvalue weighted by atomic mass is 32.2. The molecule has 5 rings (SSSR count). The predicted molar refractivity (Wildman–Crippen MR) is 153 cm³/mol. The first-order valence-electron chi connectivity index (χ1n) is 13.2. The van der Waals surface area contributed by atoms with Crippen LogP contribution < -0.4 is 5.32 Å². The normalized spacial score (nSPS) is 18.0. The fourth-order valence-corrected chi connectivity index (χ4v) is 7.55. The number of fused-ring (bicyclic) bond motifs is 2. The van der Waals surface area contributed by atoms with E-state index in [1.807, 2.05) is 7.05 Å².